The van der Waals surface area contributed by atoms with Crippen LogP contribution in [-0.2, 0) is 6.54 Å². The van der Waals surface area contributed by atoms with Gasteiger partial charge in [0, 0.05) is 19.7 Å². The van der Waals surface area contributed by atoms with Crippen LogP contribution >= 0.6 is 0 Å². The Kier molecular flexibility index (Phi) is 6.87. The highest BCUT2D eigenvalue weighted by Gasteiger charge is 2.01. The van der Waals surface area contributed by atoms with E-state index in [4.69, 9.17) is 5.11 Å². The van der Waals surface area contributed by atoms with Crippen LogP contribution in [0.3, 0.4) is 0 Å². The summed E-state index contributed by atoms with van der Waals surface area (Å²) >= 11 is 0. The number of aliphatic imine (C=N–C) groups is 1. The van der Waals surface area contributed by atoms with Crippen molar-refractivity contribution in [2.24, 2.45) is 10.9 Å². The molecule has 0 aromatic heterocycles. The van der Waals surface area contributed by atoms with Crippen LogP contribution in [0.15, 0.2) is 35.3 Å². The number of hydrogen-bond acceptors (Lipinski definition) is 2. The minimum absolute atomic E-state index is 0.186. The molecule has 0 aliphatic heterocycles. The maximum atomic E-state index is 8.99. The highest BCUT2D eigenvalue weighted by molar-refractivity contribution is 5.79. The molecule has 0 fully saturated rings. The second kappa shape index (κ2) is 8.53. The van der Waals surface area contributed by atoms with Crippen LogP contribution in [0.1, 0.15) is 19.4 Å². The zero-order valence-electron chi connectivity index (χ0n) is 11.2. The van der Waals surface area contributed by atoms with E-state index in [2.05, 4.69) is 27.8 Å². The van der Waals surface area contributed by atoms with Crippen LogP contribution in [0.2, 0.25) is 0 Å². The van der Waals surface area contributed by atoms with Crippen LogP contribution in [0.5, 0.6) is 0 Å². The van der Waals surface area contributed by atoms with Crippen molar-refractivity contribution in [3.05, 3.63) is 35.9 Å². The van der Waals surface area contributed by atoms with Gasteiger partial charge in [-0.3, -0.25) is 0 Å². The molecule has 1 unspecified atom stereocenters. The third-order valence-corrected chi connectivity index (χ3v) is 2.54. The Morgan fingerprint density at radius 1 is 1.28 bits per heavy atom. The topological polar surface area (TPSA) is 56.7 Å². The van der Waals surface area contributed by atoms with Crippen molar-refractivity contribution in [2.45, 2.75) is 20.4 Å². The molecule has 4 heteroatoms. The lowest BCUT2D eigenvalue weighted by molar-refractivity contribution is 0.238. The van der Waals surface area contributed by atoms with Crippen LogP contribution in [0, 0.1) is 5.92 Å². The molecule has 0 amide bonds. The molecule has 3 N–H and O–H groups in total. The Morgan fingerprint density at radius 2 is 2.00 bits per heavy atom. The van der Waals surface area contributed by atoms with Gasteiger partial charge in [-0.15, -0.1) is 0 Å². The SMILES string of the molecule is CCNC(=NCc1ccccc1)NCC(C)CO. The predicted octanol–water partition coefficient (Wildman–Crippen LogP) is 1.37. The fourth-order valence-electron chi connectivity index (χ4n) is 1.43. The number of benzene rings is 1. The molecule has 0 aliphatic rings. The van der Waals surface area contributed by atoms with E-state index in [0.29, 0.717) is 6.54 Å². The van der Waals surface area contributed by atoms with E-state index in [0.717, 1.165) is 19.0 Å². The molecule has 1 rings (SSSR count). The Morgan fingerprint density at radius 3 is 2.61 bits per heavy atom. The molecule has 1 aromatic rings. The first kappa shape index (κ1) is 14.5. The summed E-state index contributed by atoms with van der Waals surface area (Å²) in [6.45, 7) is 6.42. The number of rotatable bonds is 6. The molecule has 0 radical (unpaired) electrons. The highest BCUT2D eigenvalue weighted by Crippen LogP contribution is 1.99. The fraction of sp³-hybridized carbons (Fsp3) is 0.500. The number of guanidine groups is 1. The predicted molar refractivity (Wildman–Crippen MR) is 75.5 cm³/mol. The van der Waals surface area contributed by atoms with Crippen LogP contribution in [-0.4, -0.2) is 30.8 Å². The van der Waals surface area contributed by atoms with Crippen LogP contribution in [0.4, 0.5) is 0 Å². The van der Waals surface area contributed by atoms with Crippen molar-refractivity contribution in [2.75, 3.05) is 19.7 Å². The molecular formula is C14H23N3O. The summed E-state index contributed by atoms with van der Waals surface area (Å²) in [4.78, 5) is 4.50. The maximum absolute atomic E-state index is 8.99. The summed E-state index contributed by atoms with van der Waals surface area (Å²) in [6, 6.07) is 10.1. The van der Waals surface area contributed by atoms with Gasteiger partial charge < -0.3 is 15.7 Å². The Balaban J connectivity index is 2.50. The average Bonchev–Trinajstić information content (AvgIpc) is 2.42. The van der Waals surface area contributed by atoms with Crippen LogP contribution in [0.25, 0.3) is 0 Å². The molecule has 0 aliphatic carbocycles. The van der Waals surface area contributed by atoms with Crippen molar-refractivity contribution in [1.82, 2.24) is 10.6 Å². The minimum atomic E-state index is 0.186. The maximum Gasteiger partial charge on any atom is 0.191 e. The Labute approximate surface area is 109 Å². The fourth-order valence-corrected chi connectivity index (χ4v) is 1.43. The molecule has 0 spiro atoms. The Bertz CT molecular complexity index is 351. The second-order valence-electron chi connectivity index (χ2n) is 4.35. The standard InChI is InChI=1S/C14H23N3O/c1-3-15-14(16-9-12(2)11-18)17-10-13-7-5-4-6-8-13/h4-8,12,18H,3,9-11H2,1-2H3,(H2,15,16,17). The van der Waals surface area contributed by atoms with Gasteiger partial charge in [-0.05, 0) is 18.4 Å². The van der Waals surface area contributed by atoms with Gasteiger partial charge >= 0.3 is 0 Å². The highest BCUT2D eigenvalue weighted by atomic mass is 16.3. The minimum Gasteiger partial charge on any atom is -0.396 e. The van der Waals surface area contributed by atoms with E-state index < -0.39 is 0 Å². The van der Waals surface area contributed by atoms with Gasteiger partial charge in [0.25, 0.3) is 0 Å². The summed E-state index contributed by atoms with van der Waals surface area (Å²) in [5.74, 6) is 1.02. The number of nitrogens with zero attached hydrogens (tertiary/aromatic N) is 1. The third-order valence-electron chi connectivity index (χ3n) is 2.54. The van der Waals surface area contributed by atoms with Gasteiger partial charge in [0.15, 0.2) is 5.96 Å². The zero-order valence-corrected chi connectivity index (χ0v) is 11.2. The molecule has 4 nitrogen and oxygen atoms in total. The third kappa shape index (κ3) is 5.68. The molecule has 0 saturated heterocycles. The molecular weight excluding hydrogens is 226 g/mol. The molecule has 100 valence electrons. The number of aliphatic hydroxyl groups is 1. The lowest BCUT2D eigenvalue weighted by Crippen LogP contribution is -2.39. The first-order chi connectivity index (χ1) is 8.76. The van der Waals surface area contributed by atoms with Crippen LogP contribution < -0.4 is 10.6 Å². The lowest BCUT2D eigenvalue weighted by Gasteiger charge is -2.14. The summed E-state index contributed by atoms with van der Waals surface area (Å²) in [5.41, 5.74) is 1.19. The van der Waals surface area contributed by atoms with Gasteiger partial charge in [0.1, 0.15) is 0 Å². The van der Waals surface area contributed by atoms with Crippen molar-refractivity contribution in [3.63, 3.8) is 0 Å². The summed E-state index contributed by atoms with van der Waals surface area (Å²) in [7, 11) is 0. The van der Waals surface area contributed by atoms with Crippen molar-refractivity contribution >= 4 is 5.96 Å². The second-order valence-corrected chi connectivity index (χ2v) is 4.35. The summed E-state index contributed by atoms with van der Waals surface area (Å²) in [5, 5.41) is 15.4. The molecule has 1 atom stereocenters. The van der Waals surface area contributed by atoms with Gasteiger partial charge in [-0.25, -0.2) is 4.99 Å². The van der Waals surface area contributed by atoms with E-state index in [1.54, 1.807) is 0 Å². The van der Waals surface area contributed by atoms with Gasteiger partial charge in [0.05, 0.1) is 6.54 Å². The van der Waals surface area contributed by atoms with E-state index in [1.807, 2.05) is 32.0 Å². The van der Waals surface area contributed by atoms with E-state index >= 15 is 0 Å². The largest absolute Gasteiger partial charge is 0.396 e. The average molecular weight is 249 g/mol. The van der Waals surface area contributed by atoms with E-state index in [9.17, 15) is 0 Å². The Hall–Kier alpha value is -1.55. The zero-order chi connectivity index (χ0) is 13.2. The normalized spacial score (nSPS) is 13.2. The molecule has 18 heavy (non-hydrogen) atoms. The molecule has 0 heterocycles. The van der Waals surface area contributed by atoms with Crippen molar-refractivity contribution in [1.29, 1.82) is 0 Å². The summed E-state index contributed by atoms with van der Waals surface area (Å²) in [6.07, 6.45) is 0. The van der Waals surface area contributed by atoms with E-state index in [1.165, 1.54) is 5.56 Å². The van der Waals surface area contributed by atoms with Crippen molar-refractivity contribution < 1.29 is 5.11 Å². The van der Waals surface area contributed by atoms with Gasteiger partial charge in [0.2, 0.25) is 0 Å². The molecule has 0 bridgehead atoms. The first-order valence-electron chi connectivity index (χ1n) is 6.43. The van der Waals surface area contributed by atoms with Gasteiger partial charge in [-0.1, -0.05) is 37.3 Å². The quantitative estimate of drug-likeness (QED) is 0.527. The molecule has 0 saturated carbocycles. The van der Waals surface area contributed by atoms with E-state index in [-0.39, 0.29) is 12.5 Å². The van der Waals surface area contributed by atoms with Crippen molar-refractivity contribution in [3.8, 4) is 0 Å². The number of aliphatic hydroxyl groups excluding tert-OH is 1. The monoisotopic (exact) mass is 249 g/mol. The van der Waals surface area contributed by atoms with Gasteiger partial charge in [-0.2, -0.15) is 0 Å². The first-order valence-corrected chi connectivity index (χ1v) is 6.43. The number of nitrogens with one attached hydrogen (secondary N) is 2. The smallest absolute Gasteiger partial charge is 0.191 e. The summed E-state index contributed by atoms with van der Waals surface area (Å²) < 4.78 is 0. The lowest BCUT2D eigenvalue weighted by atomic mass is 10.2. The molecule has 1 aromatic carbocycles. The number of hydrogen-bond donors (Lipinski definition) is 3.